The van der Waals surface area contributed by atoms with Crippen LogP contribution in [0, 0.1) is 0 Å². The van der Waals surface area contributed by atoms with Gasteiger partial charge in [0.2, 0.25) is 0 Å². The average Bonchev–Trinajstić information content (AvgIpc) is 1.51. The van der Waals surface area contributed by atoms with E-state index in [-0.39, 0.29) is 5.41 Å². The zero-order valence-electron chi connectivity index (χ0n) is 60.8. The summed E-state index contributed by atoms with van der Waals surface area (Å²) in [4.78, 5) is 7.42. The van der Waals surface area contributed by atoms with Crippen molar-refractivity contribution >= 4 is 45.9 Å². The van der Waals surface area contributed by atoms with Gasteiger partial charge in [-0.2, -0.15) is 0 Å². The monoisotopic (exact) mass is 1410 g/mol. The molecule has 0 N–H and O–H groups in total. The predicted octanol–water partition coefficient (Wildman–Crippen LogP) is 28.4. The molecule has 0 fully saturated rings. The molecule has 1 heterocycles. The summed E-state index contributed by atoms with van der Waals surface area (Å²) in [6.45, 7) is 4.85. The van der Waals surface area contributed by atoms with Crippen molar-refractivity contribution in [2.45, 2.75) is 39.9 Å². The summed E-state index contributed by atoms with van der Waals surface area (Å²) < 4.78 is 0. The van der Waals surface area contributed by atoms with E-state index in [1.807, 2.05) is 11.8 Å². The molecule has 514 valence electrons. The van der Waals surface area contributed by atoms with Crippen LogP contribution in [0.25, 0.3) is 111 Å². The number of benzene rings is 17. The van der Waals surface area contributed by atoms with Crippen LogP contribution in [-0.4, -0.2) is 0 Å². The molecule has 3 heteroatoms. The second kappa shape index (κ2) is 23.8. The Morgan fingerprint density at radius 3 is 1.02 bits per heavy atom. The van der Waals surface area contributed by atoms with Gasteiger partial charge in [-0.25, -0.2) is 0 Å². The first-order valence-corrected chi connectivity index (χ1v) is 39.3. The molecule has 0 radical (unpaired) electrons. The molecule has 17 aromatic rings. The summed E-state index contributed by atoms with van der Waals surface area (Å²) in [6, 6.07) is 147. The van der Waals surface area contributed by atoms with Gasteiger partial charge in [-0.15, -0.1) is 0 Å². The highest BCUT2D eigenvalue weighted by Crippen LogP contribution is 2.66. The molecule has 0 saturated heterocycles. The highest BCUT2D eigenvalue weighted by atomic mass is 32.2. The third kappa shape index (κ3) is 8.89. The fourth-order valence-electron chi connectivity index (χ4n) is 20.3. The molecule has 0 saturated carbocycles. The highest BCUT2D eigenvalue weighted by Gasteiger charge is 2.54. The van der Waals surface area contributed by atoms with Gasteiger partial charge in [-0.3, -0.25) is 0 Å². The maximum absolute atomic E-state index is 2.53. The Kier molecular flexibility index (Phi) is 13.6. The number of nitrogens with zero attached hydrogens (tertiary/aromatic N) is 2. The smallest absolute Gasteiger partial charge is 0.0726 e. The Morgan fingerprint density at radius 1 is 0.218 bits per heavy atom. The first-order valence-electron chi connectivity index (χ1n) is 38.4. The topological polar surface area (TPSA) is 6.48 Å². The summed E-state index contributed by atoms with van der Waals surface area (Å²) >= 11 is 1.88. The highest BCUT2D eigenvalue weighted by molar-refractivity contribution is 7.99. The normalized spacial score (nSPS) is 14.3. The third-order valence-corrected chi connectivity index (χ3v) is 26.2. The molecular formula is C107H70N2S. The lowest BCUT2D eigenvalue weighted by Crippen LogP contribution is -2.26. The van der Waals surface area contributed by atoms with Crippen molar-refractivity contribution in [1.82, 2.24) is 0 Å². The van der Waals surface area contributed by atoms with E-state index < -0.39 is 10.8 Å². The summed E-state index contributed by atoms with van der Waals surface area (Å²) in [5.41, 5.74) is 44.1. The number of hydrogen-bond donors (Lipinski definition) is 0. The van der Waals surface area contributed by atoms with Crippen molar-refractivity contribution in [2.75, 3.05) is 9.80 Å². The van der Waals surface area contributed by atoms with Gasteiger partial charge in [0.25, 0.3) is 0 Å². The van der Waals surface area contributed by atoms with Crippen molar-refractivity contribution < 1.29 is 0 Å². The average molecular weight is 1420 g/mol. The summed E-state index contributed by atoms with van der Waals surface area (Å²) in [5.74, 6) is 0. The van der Waals surface area contributed by atoms with E-state index in [0.717, 1.165) is 22.7 Å². The van der Waals surface area contributed by atoms with Gasteiger partial charge in [0.15, 0.2) is 0 Å². The first-order chi connectivity index (χ1) is 54.3. The lowest BCUT2D eigenvalue weighted by Gasteiger charge is -2.35. The molecule has 6 aliphatic rings. The molecule has 0 amide bonds. The molecule has 0 bridgehead atoms. The molecule has 0 atom stereocenters. The number of rotatable bonds is 9. The van der Waals surface area contributed by atoms with Crippen LogP contribution in [0.3, 0.4) is 0 Å². The maximum Gasteiger partial charge on any atom is 0.0726 e. The minimum atomic E-state index is -0.458. The Hall–Kier alpha value is -13.3. The van der Waals surface area contributed by atoms with Gasteiger partial charge in [0, 0.05) is 38.0 Å². The molecule has 0 aromatic heterocycles. The van der Waals surface area contributed by atoms with Crippen LogP contribution in [0.5, 0.6) is 0 Å². The van der Waals surface area contributed by atoms with Crippen molar-refractivity contribution in [3.63, 3.8) is 0 Å². The molecule has 110 heavy (non-hydrogen) atoms. The zero-order valence-corrected chi connectivity index (χ0v) is 61.6. The standard InChI is InChI=1S/C107H70N2S/c1-105(2)97-65-78(108(76-51-44-69(45-52-76)67-22-5-3-6-23-67)77-53-46-71(47-54-77)73-48-57-87-85-30-13-19-38-95(85)106(98(87)62-73)91-34-15-9-26-81(91)82-27-10-16-35-92(82)106)55-59-89(97)90-33-21-32-80(104(90)105)72-42-40-70(41-43-72)75-50-61-101-103(64-75)110-102-63-74(68-24-7-4-8-25-68)49-60-100(102)109(101)79-56-58-88-86-31-14-20-39-96(86)107(99(88)66-79)93-36-17-11-28-83(93)84-29-12-18-37-94(84)107/h3-66H,1-2H3. The largest absolute Gasteiger partial charge is 0.310 e. The van der Waals surface area contributed by atoms with Crippen LogP contribution in [0.4, 0.5) is 34.1 Å². The van der Waals surface area contributed by atoms with Gasteiger partial charge in [-0.05, 0) is 246 Å². The van der Waals surface area contributed by atoms with Crippen LogP contribution in [0.15, 0.2) is 398 Å². The molecule has 2 nitrogen and oxygen atoms in total. The zero-order chi connectivity index (χ0) is 72.6. The summed E-state index contributed by atoms with van der Waals surface area (Å²) in [5, 5.41) is 0. The lowest BCUT2D eigenvalue weighted by atomic mass is 9.70. The Balaban J connectivity index is 0.587. The van der Waals surface area contributed by atoms with Crippen molar-refractivity contribution in [2.24, 2.45) is 0 Å². The van der Waals surface area contributed by atoms with E-state index in [0.29, 0.717) is 0 Å². The van der Waals surface area contributed by atoms with Gasteiger partial charge in [0.05, 0.1) is 22.2 Å². The van der Waals surface area contributed by atoms with Crippen molar-refractivity contribution in [3.8, 4) is 111 Å². The van der Waals surface area contributed by atoms with Crippen LogP contribution < -0.4 is 9.80 Å². The molecule has 0 unspecified atom stereocenters. The first kappa shape index (κ1) is 62.8. The minimum absolute atomic E-state index is 0.332. The van der Waals surface area contributed by atoms with Gasteiger partial charge in [0.1, 0.15) is 0 Å². The third-order valence-electron chi connectivity index (χ3n) is 25.1. The van der Waals surface area contributed by atoms with E-state index >= 15 is 0 Å². The van der Waals surface area contributed by atoms with E-state index in [4.69, 9.17) is 0 Å². The number of anilines is 6. The van der Waals surface area contributed by atoms with Crippen molar-refractivity contribution in [1.29, 1.82) is 0 Å². The predicted molar refractivity (Wildman–Crippen MR) is 457 cm³/mol. The van der Waals surface area contributed by atoms with Crippen molar-refractivity contribution in [3.05, 3.63) is 444 Å². The summed E-state index contributed by atoms with van der Waals surface area (Å²) in [7, 11) is 0. The van der Waals surface area contributed by atoms with E-state index in [2.05, 4.69) is 412 Å². The minimum Gasteiger partial charge on any atom is -0.310 e. The maximum atomic E-state index is 2.53. The molecular weight excluding hydrogens is 1350 g/mol. The molecule has 17 aromatic carbocycles. The van der Waals surface area contributed by atoms with Gasteiger partial charge >= 0.3 is 0 Å². The van der Waals surface area contributed by atoms with Crippen LogP contribution in [0.1, 0.15) is 69.5 Å². The van der Waals surface area contributed by atoms with Gasteiger partial charge < -0.3 is 9.80 Å². The SMILES string of the molecule is CC1(C)c2cc(N(c3ccc(-c4ccccc4)cc3)c3ccc(-c4ccc5c(c4)C4(c6ccccc6-c6ccccc64)c4ccccc4-5)cc3)ccc2-c2cccc(-c3ccc(-c4ccc5c(c4)Sc4cc(-c6ccccc6)ccc4N5c4ccc5c(c4)C4(c6ccccc6-c6ccccc64)c4ccccc4-5)cc3)c21. The van der Waals surface area contributed by atoms with E-state index in [9.17, 15) is 0 Å². The molecule has 1 aliphatic heterocycles. The quantitative estimate of drug-likeness (QED) is 0.142. The second-order valence-electron chi connectivity index (χ2n) is 30.9. The van der Waals surface area contributed by atoms with Crippen LogP contribution >= 0.6 is 11.8 Å². The Morgan fingerprint density at radius 2 is 0.536 bits per heavy atom. The summed E-state index contributed by atoms with van der Waals surface area (Å²) in [6.07, 6.45) is 0. The fraction of sp³-hybridized carbons (Fsp3) is 0.0467. The number of hydrogen-bond acceptors (Lipinski definition) is 3. The Labute approximate surface area is 646 Å². The molecule has 2 spiro atoms. The molecule has 5 aliphatic carbocycles. The fourth-order valence-corrected chi connectivity index (χ4v) is 21.5. The second-order valence-corrected chi connectivity index (χ2v) is 32.0. The molecule has 23 rings (SSSR count). The van der Waals surface area contributed by atoms with Crippen LogP contribution in [-0.2, 0) is 16.2 Å². The van der Waals surface area contributed by atoms with E-state index in [1.165, 1.54) is 188 Å². The Bertz CT molecular complexity index is 6580. The van der Waals surface area contributed by atoms with Gasteiger partial charge in [-0.1, -0.05) is 335 Å². The van der Waals surface area contributed by atoms with E-state index in [1.54, 1.807) is 0 Å². The lowest BCUT2D eigenvalue weighted by molar-refractivity contribution is 0.662. The number of fused-ring (bicyclic) bond motifs is 25. The van der Waals surface area contributed by atoms with Crippen LogP contribution in [0.2, 0.25) is 0 Å².